The zero-order valence-corrected chi connectivity index (χ0v) is 14.9. The summed E-state index contributed by atoms with van der Waals surface area (Å²) in [6, 6.07) is 9.70. The first-order chi connectivity index (χ1) is 13.4. The SMILES string of the molecule is Nc1ccn([C@@H]2O[C@H](COC(=O)[C@@H](N)Cc3ccccc3)[C@@H](O)[C@@H]2O)c(=O)n1. The lowest BCUT2D eigenvalue weighted by Gasteiger charge is -2.17. The number of carbonyl (C=O) groups is 1. The summed E-state index contributed by atoms with van der Waals surface area (Å²) in [6.45, 7) is -0.326. The van der Waals surface area contributed by atoms with Gasteiger partial charge >= 0.3 is 11.7 Å². The van der Waals surface area contributed by atoms with Crippen molar-refractivity contribution < 1.29 is 24.5 Å². The van der Waals surface area contributed by atoms with Crippen LogP contribution in [0.1, 0.15) is 11.8 Å². The monoisotopic (exact) mass is 390 g/mol. The highest BCUT2D eigenvalue weighted by atomic mass is 16.6. The quantitative estimate of drug-likeness (QED) is 0.432. The molecule has 150 valence electrons. The molecule has 10 heteroatoms. The molecular formula is C18H22N4O6. The fourth-order valence-corrected chi connectivity index (χ4v) is 2.94. The van der Waals surface area contributed by atoms with E-state index in [-0.39, 0.29) is 12.4 Å². The van der Waals surface area contributed by atoms with E-state index in [4.69, 9.17) is 20.9 Å². The number of hydrogen-bond donors (Lipinski definition) is 4. The average molecular weight is 390 g/mol. The highest BCUT2D eigenvalue weighted by molar-refractivity contribution is 5.75. The summed E-state index contributed by atoms with van der Waals surface area (Å²) >= 11 is 0. The van der Waals surface area contributed by atoms with Crippen molar-refractivity contribution in [1.29, 1.82) is 0 Å². The number of benzene rings is 1. The Morgan fingerprint density at radius 2 is 1.96 bits per heavy atom. The maximum Gasteiger partial charge on any atom is 0.351 e. The van der Waals surface area contributed by atoms with Crippen LogP contribution in [0.25, 0.3) is 0 Å². The second kappa shape index (κ2) is 8.48. The van der Waals surface area contributed by atoms with Crippen LogP contribution in [-0.4, -0.2) is 56.7 Å². The number of rotatable bonds is 6. The zero-order valence-electron chi connectivity index (χ0n) is 14.9. The summed E-state index contributed by atoms with van der Waals surface area (Å²) in [6.07, 6.45) is -3.40. The predicted octanol–water partition coefficient (Wildman–Crippen LogP) is -1.44. The Bertz CT molecular complexity index is 874. The van der Waals surface area contributed by atoms with Gasteiger partial charge in [-0.3, -0.25) is 9.36 Å². The molecule has 0 radical (unpaired) electrons. The number of aliphatic hydroxyl groups excluding tert-OH is 2. The topological polar surface area (TPSA) is 163 Å². The van der Waals surface area contributed by atoms with Crippen LogP contribution in [0, 0.1) is 0 Å². The molecule has 1 saturated heterocycles. The van der Waals surface area contributed by atoms with Crippen molar-refractivity contribution in [3.8, 4) is 0 Å². The normalized spacial score (nSPS) is 25.4. The Morgan fingerprint density at radius 3 is 2.64 bits per heavy atom. The van der Waals surface area contributed by atoms with Gasteiger partial charge in [-0.2, -0.15) is 4.98 Å². The summed E-state index contributed by atoms with van der Waals surface area (Å²) in [5, 5.41) is 20.3. The van der Waals surface area contributed by atoms with Crippen molar-refractivity contribution in [2.24, 2.45) is 5.73 Å². The lowest BCUT2D eigenvalue weighted by atomic mass is 10.1. The minimum atomic E-state index is -1.41. The van der Waals surface area contributed by atoms with Crippen LogP contribution in [-0.2, 0) is 20.7 Å². The zero-order chi connectivity index (χ0) is 20.3. The van der Waals surface area contributed by atoms with Gasteiger partial charge < -0.3 is 31.2 Å². The van der Waals surface area contributed by atoms with E-state index in [2.05, 4.69) is 4.98 Å². The lowest BCUT2D eigenvalue weighted by Crippen LogP contribution is -2.39. The van der Waals surface area contributed by atoms with Gasteiger partial charge in [0.25, 0.3) is 0 Å². The average Bonchev–Trinajstić information content (AvgIpc) is 2.95. The van der Waals surface area contributed by atoms with E-state index in [0.717, 1.165) is 10.1 Å². The van der Waals surface area contributed by atoms with Gasteiger partial charge in [0, 0.05) is 6.20 Å². The lowest BCUT2D eigenvalue weighted by molar-refractivity contribution is -0.151. The highest BCUT2D eigenvalue weighted by Gasteiger charge is 2.44. The molecule has 0 aliphatic carbocycles. The maximum atomic E-state index is 12.1. The molecule has 2 aromatic rings. The molecule has 2 heterocycles. The highest BCUT2D eigenvalue weighted by Crippen LogP contribution is 2.28. The van der Waals surface area contributed by atoms with Crippen LogP contribution in [0.5, 0.6) is 0 Å². The number of carbonyl (C=O) groups excluding carboxylic acids is 1. The molecule has 0 spiro atoms. The first-order valence-electron chi connectivity index (χ1n) is 8.69. The Morgan fingerprint density at radius 1 is 1.25 bits per heavy atom. The largest absolute Gasteiger partial charge is 0.462 e. The van der Waals surface area contributed by atoms with Gasteiger partial charge in [0.15, 0.2) is 6.23 Å². The second-order valence-electron chi connectivity index (χ2n) is 6.51. The standard InChI is InChI=1S/C18H22N4O6/c19-11(8-10-4-2-1-3-5-10)17(25)27-9-12-14(23)15(24)16(28-12)22-7-6-13(20)21-18(22)26/h1-7,11-12,14-16,23-24H,8-9,19H2,(H2,20,21,26)/t11-,12+,14+,15-,16+/m0/s1. The Balaban J connectivity index is 1.58. The van der Waals surface area contributed by atoms with Crippen molar-refractivity contribution in [2.45, 2.75) is 37.0 Å². The van der Waals surface area contributed by atoms with Gasteiger partial charge in [0.1, 0.15) is 36.8 Å². The number of nitrogens with zero attached hydrogens (tertiary/aromatic N) is 2. The van der Waals surface area contributed by atoms with Crippen LogP contribution in [0.3, 0.4) is 0 Å². The van der Waals surface area contributed by atoms with E-state index in [0.29, 0.717) is 6.42 Å². The fraction of sp³-hybridized carbons (Fsp3) is 0.389. The number of aliphatic hydroxyl groups is 2. The number of hydrogen-bond acceptors (Lipinski definition) is 9. The van der Waals surface area contributed by atoms with E-state index in [1.54, 1.807) is 0 Å². The molecule has 1 fully saturated rings. The molecule has 1 aromatic heterocycles. The summed E-state index contributed by atoms with van der Waals surface area (Å²) in [5.74, 6) is -0.643. The number of esters is 1. The van der Waals surface area contributed by atoms with Crippen LogP contribution in [0.2, 0.25) is 0 Å². The van der Waals surface area contributed by atoms with E-state index in [1.165, 1.54) is 12.3 Å². The van der Waals surface area contributed by atoms with Gasteiger partial charge in [-0.05, 0) is 18.1 Å². The third-order valence-corrected chi connectivity index (χ3v) is 4.45. The third kappa shape index (κ3) is 4.37. The number of aromatic nitrogens is 2. The van der Waals surface area contributed by atoms with Gasteiger partial charge in [-0.1, -0.05) is 30.3 Å². The number of anilines is 1. The summed E-state index contributed by atoms with van der Waals surface area (Å²) in [7, 11) is 0. The second-order valence-corrected chi connectivity index (χ2v) is 6.51. The molecule has 0 saturated carbocycles. The molecular weight excluding hydrogens is 368 g/mol. The van der Waals surface area contributed by atoms with Crippen LogP contribution < -0.4 is 17.2 Å². The third-order valence-electron chi connectivity index (χ3n) is 4.45. The van der Waals surface area contributed by atoms with Gasteiger partial charge in [-0.25, -0.2) is 4.79 Å². The molecule has 28 heavy (non-hydrogen) atoms. The predicted molar refractivity (Wildman–Crippen MR) is 97.9 cm³/mol. The maximum absolute atomic E-state index is 12.1. The van der Waals surface area contributed by atoms with E-state index in [1.807, 2.05) is 30.3 Å². The number of ether oxygens (including phenoxy) is 2. The summed E-state index contributed by atoms with van der Waals surface area (Å²) in [4.78, 5) is 27.6. The molecule has 5 atom stereocenters. The van der Waals surface area contributed by atoms with E-state index < -0.39 is 42.2 Å². The number of nitrogens with two attached hydrogens (primary N) is 2. The molecule has 1 aliphatic rings. The fourth-order valence-electron chi connectivity index (χ4n) is 2.94. The molecule has 0 unspecified atom stereocenters. The minimum Gasteiger partial charge on any atom is -0.462 e. The smallest absolute Gasteiger partial charge is 0.351 e. The number of nitrogen functional groups attached to an aromatic ring is 1. The molecule has 6 N–H and O–H groups in total. The Labute approximate surface area is 160 Å². The van der Waals surface area contributed by atoms with Crippen molar-refractivity contribution in [2.75, 3.05) is 12.3 Å². The van der Waals surface area contributed by atoms with Gasteiger partial charge in [-0.15, -0.1) is 0 Å². The van der Waals surface area contributed by atoms with Crippen molar-refractivity contribution in [1.82, 2.24) is 9.55 Å². The molecule has 3 rings (SSSR count). The molecule has 0 bridgehead atoms. The molecule has 1 aromatic carbocycles. The van der Waals surface area contributed by atoms with E-state index >= 15 is 0 Å². The van der Waals surface area contributed by atoms with Crippen LogP contribution in [0.15, 0.2) is 47.4 Å². The Hall–Kier alpha value is -2.79. The molecule has 1 aliphatic heterocycles. The molecule has 0 amide bonds. The van der Waals surface area contributed by atoms with Crippen LogP contribution >= 0.6 is 0 Å². The molecule has 10 nitrogen and oxygen atoms in total. The summed E-state index contributed by atoms with van der Waals surface area (Å²) in [5.41, 5.74) is 11.4. The van der Waals surface area contributed by atoms with Crippen molar-refractivity contribution in [3.05, 3.63) is 58.6 Å². The Kier molecular flexibility index (Phi) is 6.05. The van der Waals surface area contributed by atoms with Crippen molar-refractivity contribution in [3.63, 3.8) is 0 Å². The van der Waals surface area contributed by atoms with Crippen LogP contribution in [0.4, 0.5) is 5.82 Å². The van der Waals surface area contributed by atoms with Gasteiger partial charge in [0.05, 0.1) is 0 Å². The minimum absolute atomic E-state index is 0.0205. The van der Waals surface area contributed by atoms with Crippen molar-refractivity contribution >= 4 is 11.8 Å². The first-order valence-corrected chi connectivity index (χ1v) is 8.69. The summed E-state index contributed by atoms with van der Waals surface area (Å²) < 4.78 is 11.6. The van der Waals surface area contributed by atoms with E-state index in [9.17, 15) is 19.8 Å². The van der Waals surface area contributed by atoms with Gasteiger partial charge in [0.2, 0.25) is 0 Å². The first kappa shape index (κ1) is 20.0.